The van der Waals surface area contributed by atoms with E-state index in [1.807, 2.05) is 24.0 Å². The number of hydrazine groups is 1. The Morgan fingerprint density at radius 2 is 2.14 bits per heavy atom. The smallest absolute Gasteiger partial charge is 0.0766 e. The van der Waals surface area contributed by atoms with Crippen LogP contribution in [0, 0.1) is 0 Å². The third-order valence-corrected chi connectivity index (χ3v) is 4.65. The van der Waals surface area contributed by atoms with Crippen LogP contribution in [0.5, 0.6) is 0 Å². The van der Waals surface area contributed by atoms with Crippen LogP contribution in [0.25, 0.3) is 0 Å². The molecular formula is C15H22BrN5. The number of hydrogen-bond donors (Lipinski definition) is 2. The molecular weight excluding hydrogens is 330 g/mol. The Morgan fingerprint density at radius 1 is 1.38 bits per heavy atom. The molecule has 5 nitrogen and oxygen atoms in total. The molecule has 0 bridgehead atoms. The quantitative estimate of drug-likeness (QED) is 0.619. The summed E-state index contributed by atoms with van der Waals surface area (Å²) >= 11 is 3.66. The fraction of sp³-hybridized carbons (Fsp3) is 0.467. The van der Waals surface area contributed by atoms with E-state index >= 15 is 0 Å². The maximum atomic E-state index is 5.78. The van der Waals surface area contributed by atoms with Crippen molar-refractivity contribution in [2.45, 2.75) is 39.2 Å². The lowest BCUT2D eigenvalue weighted by molar-refractivity contribution is 0.513. The standard InChI is InChI=1S/C15H22BrN5/c1-4-10-7-6-8-18-15(10)12(19-17)9-13-14(16)11(5-2)20-21(13)3/h6-8,12,19H,4-5,9,17H2,1-3H3. The molecule has 0 aliphatic carbocycles. The number of halogens is 1. The number of nitrogens with two attached hydrogens (primary N) is 1. The zero-order valence-corrected chi connectivity index (χ0v) is 14.3. The second-order valence-electron chi connectivity index (χ2n) is 5.01. The van der Waals surface area contributed by atoms with Gasteiger partial charge in [0, 0.05) is 19.7 Å². The molecule has 2 aromatic heterocycles. The average Bonchev–Trinajstić information content (AvgIpc) is 2.79. The van der Waals surface area contributed by atoms with Crippen LogP contribution in [-0.4, -0.2) is 14.8 Å². The molecule has 114 valence electrons. The fourth-order valence-corrected chi connectivity index (χ4v) is 3.31. The minimum Gasteiger partial charge on any atom is -0.271 e. The molecule has 0 aliphatic heterocycles. The van der Waals surface area contributed by atoms with E-state index in [0.717, 1.165) is 40.8 Å². The van der Waals surface area contributed by atoms with Crippen LogP contribution in [0.2, 0.25) is 0 Å². The zero-order chi connectivity index (χ0) is 15.4. The van der Waals surface area contributed by atoms with E-state index < -0.39 is 0 Å². The maximum absolute atomic E-state index is 5.78. The van der Waals surface area contributed by atoms with Gasteiger partial charge in [0.05, 0.1) is 27.6 Å². The van der Waals surface area contributed by atoms with Gasteiger partial charge in [-0.1, -0.05) is 19.9 Å². The van der Waals surface area contributed by atoms with Crippen LogP contribution in [0.4, 0.5) is 0 Å². The Labute approximate surface area is 134 Å². The van der Waals surface area contributed by atoms with Crippen molar-refractivity contribution in [2.24, 2.45) is 12.9 Å². The lowest BCUT2D eigenvalue weighted by Gasteiger charge is -2.18. The van der Waals surface area contributed by atoms with Crippen molar-refractivity contribution in [1.29, 1.82) is 0 Å². The van der Waals surface area contributed by atoms with E-state index in [0.29, 0.717) is 0 Å². The third-order valence-electron chi connectivity index (χ3n) is 3.74. The van der Waals surface area contributed by atoms with Crippen molar-refractivity contribution < 1.29 is 0 Å². The van der Waals surface area contributed by atoms with Gasteiger partial charge in [0.1, 0.15) is 0 Å². The van der Waals surface area contributed by atoms with Gasteiger partial charge in [-0.3, -0.25) is 20.9 Å². The summed E-state index contributed by atoms with van der Waals surface area (Å²) in [6, 6.07) is 4.03. The molecule has 1 unspecified atom stereocenters. The predicted octanol–water partition coefficient (Wildman–Crippen LogP) is 2.45. The van der Waals surface area contributed by atoms with E-state index in [1.165, 1.54) is 5.56 Å². The van der Waals surface area contributed by atoms with Gasteiger partial charge < -0.3 is 0 Å². The topological polar surface area (TPSA) is 68.8 Å². The highest BCUT2D eigenvalue weighted by Crippen LogP contribution is 2.27. The molecule has 0 spiro atoms. The largest absolute Gasteiger partial charge is 0.271 e. The molecule has 0 saturated carbocycles. The molecule has 0 aliphatic rings. The summed E-state index contributed by atoms with van der Waals surface area (Å²) in [6.45, 7) is 4.23. The summed E-state index contributed by atoms with van der Waals surface area (Å²) in [5, 5.41) is 4.53. The maximum Gasteiger partial charge on any atom is 0.0766 e. The molecule has 0 radical (unpaired) electrons. The highest BCUT2D eigenvalue weighted by Gasteiger charge is 2.20. The molecule has 2 rings (SSSR count). The van der Waals surface area contributed by atoms with Gasteiger partial charge in [-0.25, -0.2) is 0 Å². The first kappa shape index (κ1) is 16.1. The summed E-state index contributed by atoms with van der Waals surface area (Å²) in [4.78, 5) is 4.52. The number of hydrogen-bond acceptors (Lipinski definition) is 4. The molecule has 2 aromatic rings. The average molecular weight is 352 g/mol. The van der Waals surface area contributed by atoms with Crippen LogP contribution in [-0.2, 0) is 26.3 Å². The second kappa shape index (κ2) is 7.15. The van der Waals surface area contributed by atoms with Crippen molar-refractivity contribution in [3.63, 3.8) is 0 Å². The Hall–Kier alpha value is -1.24. The van der Waals surface area contributed by atoms with Gasteiger partial charge in [-0.15, -0.1) is 0 Å². The van der Waals surface area contributed by atoms with Gasteiger partial charge in [0.15, 0.2) is 0 Å². The fourth-order valence-electron chi connectivity index (χ4n) is 2.53. The van der Waals surface area contributed by atoms with Crippen LogP contribution < -0.4 is 11.3 Å². The van der Waals surface area contributed by atoms with E-state index in [4.69, 9.17) is 5.84 Å². The summed E-state index contributed by atoms with van der Waals surface area (Å²) in [7, 11) is 1.96. The molecule has 2 heterocycles. The number of pyridine rings is 1. The van der Waals surface area contributed by atoms with Crippen LogP contribution in [0.1, 0.15) is 42.5 Å². The van der Waals surface area contributed by atoms with Gasteiger partial charge in [-0.2, -0.15) is 5.10 Å². The van der Waals surface area contributed by atoms with Crippen molar-refractivity contribution in [3.05, 3.63) is 45.4 Å². The molecule has 0 amide bonds. The lowest BCUT2D eigenvalue weighted by atomic mass is 10.0. The normalized spacial score (nSPS) is 12.6. The number of rotatable bonds is 6. The lowest BCUT2D eigenvalue weighted by Crippen LogP contribution is -2.31. The molecule has 0 saturated heterocycles. The summed E-state index contributed by atoms with van der Waals surface area (Å²) in [5.41, 5.74) is 7.32. The molecule has 6 heteroatoms. The van der Waals surface area contributed by atoms with Gasteiger partial charge >= 0.3 is 0 Å². The number of aromatic nitrogens is 3. The van der Waals surface area contributed by atoms with Gasteiger partial charge in [-0.05, 0) is 40.4 Å². The monoisotopic (exact) mass is 351 g/mol. The Balaban J connectivity index is 2.34. The van der Waals surface area contributed by atoms with E-state index in [9.17, 15) is 0 Å². The predicted molar refractivity (Wildman–Crippen MR) is 87.7 cm³/mol. The first-order valence-electron chi connectivity index (χ1n) is 7.22. The van der Waals surface area contributed by atoms with Crippen LogP contribution in [0.3, 0.4) is 0 Å². The van der Waals surface area contributed by atoms with Crippen LogP contribution >= 0.6 is 15.9 Å². The van der Waals surface area contributed by atoms with Crippen molar-refractivity contribution in [3.8, 4) is 0 Å². The SMILES string of the molecule is CCc1cccnc1C(Cc1c(Br)c(CC)nn1C)NN. The van der Waals surface area contributed by atoms with E-state index in [-0.39, 0.29) is 6.04 Å². The highest BCUT2D eigenvalue weighted by atomic mass is 79.9. The van der Waals surface area contributed by atoms with Gasteiger partial charge in [0.25, 0.3) is 0 Å². The Kier molecular flexibility index (Phi) is 5.50. The van der Waals surface area contributed by atoms with Gasteiger partial charge in [0.2, 0.25) is 0 Å². The third kappa shape index (κ3) is 3.33. The zero-order valence-electron chi connectivity index (χ0n) is 12.7. The number of nitrogens with one attached hydrogen (secondary N) is 1. The van der Waals surface area contributed by atoms with E-state index in [1.54, 1.807) is 0 Å². The highest BCUT2D eigenvalue weighted by molar-refractivity contribution is 9.10. The molecule has 0 fully saturated rings. The first-order chi connectivity index (χ1) is 10.1. The Bertz CT molecular complexity index is 608. The number of aryl methyl sites for hydroxylation is 3. The second-order valence-corrected chi connectivity index (χ2v) is 5.80. The summed E-state index contributed by atoms with van der Waals surface area (Å²) < 4.78 is 2.99. The summed E-state index contributed by atoms with van der Waals surface area (Å²) in [6.07, 6.45) is 4.40. The van der Waals surface area contributed by atoms with Crippen molar-refractivity contribution in [1.82, 2.24) is 20.2 Å². The molecule has 1 atom stereocenters. The van der Waals surface area contributed by atoms with E-state index in [2.05, 4.69) is 51.4 Å². The minimum absolute atomic E-state index is 0.0300. The van der Waals surface area contributed by atoms with Crippen LogP contribution in [0.15, 0.2) is 22.8 Å². The number of nitrogens with zero attached hydrogens (tertiary/aromatic N) is 3. The minimum atomic E-state index is -0.0300. The molecule has 0 aromatic carbocycles. The Morgan fingerprint density at radius 3 is 2.71 bits per heavy atom. The van der Waals surface area contributed by atoms with Crippen molar-refractivity contribution in [2.75, 3.05) is 0 Å². The first-order valence-corrected chi connectivity index (χ1v) is 8.01. The van der Waals surface area contributed by atoms with Crippen molar-refractivity contribution >= 4 is 15.9 Å². The molecule has 3 N–H and O–H groups in total. The molecule has 21 heavy (non-hydrogen) atoms. The summed E-state index contributed by atoms with van der Waals surface area (Å²) in [5.74, 6) is 5.78.